The van der Waals surface area contributed by atoms with Gasteiger partial charge < -0.3 is 4.55 Å². The summed E-state index contributed by atoms with van der Waals surface area (Å²) in [5, 5.41) is 0. The minimum atomic E-state index is -6.09. The van der Waals surface area contributed by atoms with Crippen LogP contribution in [0.3, 0.4) is 0 Å². The molecule has 84 valence electrons. The summed E-state index contributed by atoms with van der Waals surface area (Å²) in [4.78, 5) is 0. The van der Waals surface area contributed by atoms with Gasteiger partial charge in [0.25, 0.3) is 0 Å². The fourth-order valence-electron chi connectivity index (χ4n) is 0.760. The van der Waals surface area contributed by atoms with E-state index in [9.17, 15) is 13.2 Å². The molecule has 0 fully saturated rings. The Morgan fingerprint density at radius 1 is 1.07 bits per heavy atom. The lowest BCUT2D eigenvalue weighted by atomic mass is 10.1. The van der Waals surface area contributed by atoms with Gasteiger partial charge in [-0.1, -0.05) is 12.2 Å². The molecule has 0 aliphatic heterocycles. The lowest BCUT2D eigenvalue weighted by Gasteiger charge is -2.08. The molecule has 7 heteroatoms. The zero-order chi connectivity index (χ0) is 11.2. The van der Waals surface area contributed by atoms with E-state index in [0.29, 0.717) is 0 Å². The van der Waals surface area contributed by atoms with Crippen molar-refractivity contribution in [3.63, 3.8) is 0 Å². The molecule has 0 saturated carbocycles. The monoisotopic (exact) mass is 231 g/mol. The van der Waals surface area contributed by atoms with E-state index in [1.165, 1.54) is 25.7 Å². The van der Waals surface area contributed by atoms with E-state index < -0.39 is 15.6 Å². The highest BCUT2D eigenvalue weighted by molar-refractivity contribution is 7.86. The Balaban J connectivity index is 0.000000249. The second-order valence-corrected chi connectivity index (χ2v) is 4.03. The van der Waals surface area contributed by atoms with E-state index in [1.807, 2.05) is 0 Å². The molecule has 0 atom stereocenters. The molecule has 0 amide bonds. The fraction of sp³-hybridized carbons (Fsp3) is 0.714. The van der Waals surface area contributed by atoms with E-state index in [-0.39, 0.29) is 0 Å². The number of hydrogen-bond donors (Lipinski definition) is 0. The maximum atomic E-state index is 10.7. The molecule has 0 aromatic carbocycles. The smallest absolute Gasteiger partial charge is 0.485 e. The Labute approximate surface area is 80.4 Å². The Morgan fingerprint density at radius 3 is 1.43 bits per heavy atom. The maximum Gasteiger partial charge on any atom is 0.485 e. The van der Waals surface area contributed by atoms with Crippen LogP contribution in [0.15, 0.2) is 12.2 Å². The second-order valence-electron chi connectivity index (χ2n) is 2.66. The summed E-state index contributed by atoms with van der Waals surface area (Å²) in [7, 11) is -6.09. The minimum absolute atomic E-state index is 1.32. The van der Waals surface area contributed by atoms with E-state index in [2.05, 4.69) is 12.2 Å². The van der Waals surface area contributed by atoms with Gasteiger partial charge in [-0.05, 0) is 25.7 Å². The number of hydrogen-bond acceptors (Lipinski definition) is 3. The molecule has 0 bridgehead atoms. The van der Waals surface area contributed by atoms with E-state index >= 15 is 0 Å². The number of rotatable bonds is 0. The first-order valence-electron chi connectivity index (χ1n) is 3.92. The predicted octanol–water partition coefficient (Wildman–Crippen LogP) is 2.17. The lowest BCUT2D eigenvalue weighted by Crippen LogP contribution is -2.21. The van der Waals surface area contributed by atoms with Crippen LogP contribution in [-0.4, -0.2) is 18.5 Å². The summed E-state index contributed by atoms with van der Waals surface area (Å²) in [6.45, 7) is 0. The third-order valence-electron chi connectivity index (χ3n) is 1.44. The van der Waals surface area contributed by atoms with Crippen molar-refractivity contribution in [2.75, 3.05) is 0 Å². The average molecular weight is 231 g/mol. The van der Waals surface area contributed by atoms with Gasteiger partial charge in [-0.15, -0.1) is 0 Å². The van der Waals surface area contributed by atoms with Crippen LogP contribution in [0.25, 0.3) is 0 Å². The Hall–Kier alpha value is -0.560. The summed E-state index contributed by atoms with van der Waals surface area (Å²) in [5.74, 6) is 0. The van der Waals surface area contributed by atoms with Crippen molar-refractivity contribution in [3.05, 3.63) is 12.2 Å². The van der Waals surface area contributed by atoms with Gasteiger partial charge in [-0.25, -0.2) is 8.42 Å². The van der Waals surface area contributed by atoms with Gasteiger partial charge in [-0.3, -0.25) is 0 Å². The molecule has 0 aromatic rings. The summed E-state index contributed by atoms with van der Waals surface area (Å²) < 4.78 is 58.9. The van der Waals surface area contributed by atoms with Crippen LogP contribution >= 0.6 is 0 Å². The topological polar surface area (TPSA) is 57.2 Å². The molecule has 3 nitrogen and oxygen atoms in total. The normalized spacial score (nSPS) is 17.1. The largest absolute Gasteiger partial charge is 0.741 e. The van der Waals surface area contributed by atoms with Crippen molar-refractivity contribution < 1.29 is 26.1 Å². The lowest BCUT2D eigenvalue weighted by molar-refractivity contribution is -0.0517. The molecule has 0 spiro atoms. The van der Waals surface area contributed by atoms with Gasteiger partial charge >= 0.3 is 5.51 Å². The average Bonchev–Trinajstić information content (AvgIpc) is 2.05. The zero-order valence-electron chi connectivity index (χ0n) is 7.25. The number of halogens is 3. The molecule has 0 N–H and O–H groups in total. The summed E-state index contributed by atoms with van der Waals surface area (Å²) in [6, 6.07) is 0. The molecule has 0 heterocycles. The highest BCUT2D eigenvalue weighted by Crippen LogP contribution is 2.20. The van der Waals surface area contributed by atoms with Gasteiger partial charge in [0.05, 0.1) is 0 Å². The molecule has 14 heavy (non-hydrogen) atoms. The first-order chi connectivity index (χ1) is 6.25. The van der Waals surface area contributed by atoms with Crippen LogP contribution in [-0.2, 0) is 10.1 Å². The summed E-state index contributed by atoms with van der Waals surface area (Å²) in [5.41, 5.74) is -5.65. The third-order valence-corrected chi connectivity index (χ3v) is 2.01. The van der Waals surface area contributed by atoms with Gasteiger partial charge in [0, 0.05) is 0 Å². The molecule has 0 radical (unpaired) electrons. The van der Waals surface area contributed by atoms with Crippen molar-refractivity contribution in [1.29, 1.82) is 0 Å². The van der Waals surface area contributed by atoms with Crippen molar-refractivity contribution in [3.8, 4) is 0 Å². The van der Waals surface area contributed by atoms with Crippen molar-refractivity contribution in [1.82, 2.24) is 0 Å². The highest BCUT2D eigenvalue weighted by atomic mass is 32.2. The fourth-order valence-corrected chi connectivity index (χ4v) is 0.760. The van der Waals surface area contributed by atoms with E-state index in [4.69, 9.17) is 13.0 Å². The molecule has 0 aromatic heterocycles. The van der Waals surface area contributed by atoms with Crippen molar-refractivity contribution >= 4 is 10.1 Å². The SMILES string of the molecule is C1=CCCCC1.O=S(=O)([O-])C(F)(F)F. The van der Waals surface area contributed by atoms with E-state index in [0.717, 1.165) is 0 Å². The Morgan fingerprint density at radius 2 is 1.36 bits per heavy atom. The molecule has 0 saturated heterocycles. The van der Waals surface area contributed by atoms with Gasteiger partial charge in [0.15, 0.2) is 10.1 Å². The standard InChI is InChI=1S/C6H10.CHF3O3S/c1-2-4-6-5-3-1;2-1(3,4)8(5,6)7/h1-2H,3-6H2;(H,5,6,7)/p-1. The predicted molar refractivity (Wildman–Crippen MR) is 43.4 cm³/mol. The minimum Gasteiger partial charge on any atom is -0.741 e. The van der Waals surface area contributed by atoms with Crippen LogP contribution in [0.4, 0.5) is 13.2 Å². The first kappa shape index (κ1) is 13.4. The third kappa shape index (κ3) is 5.98. The van der Waals surface area contributed by atoms with Crippen LogP contribution in [0.2, 0.25) is 0 Å². The molecule has 1 aliphatic carbocycles. The van der Waals surface area contributed by atoms with Gasteiger partial charge in [-0.2, -0.15) is 13.2 Å². The van der Waals surface area contributed by atoms with Gasteiger partial charge in [0.2, 0.25) is 0 Å². The molecular formula is C7H10F3O3S-. The maximum absolute atomic E-state index is 10.7. The van der Waals surface area contributed by atoms with Crippen LogP contribution in [0.5, 0.6) is 0 Å². The number of allylic oxidation sites excluding steroid dienone is 2. The first-order valence-corrected chi connectivity index (χ1v) is 5.33. The van der Waals surface area contributed by atoms with E-state index in [1.54, 1.807) is 0 Å². The zero-order valence-corrected chi connectivity index (χ0v) is 8.07. The van der Waals surface area contributed by atoms with Crippen LogP contribution in [0, 0.1) is 0 Å². The number of alkyl halides is 3. The quantitative estimate of drug-likeness (QED) is 0.364. The molecule has 1 aliphatic rings. The van der Waals surface area contributed by atoms with Crippen molar-refractivity contribution in [2.24, 2.45) is 0 Å². The highest BCUT2D eigenvalue weighted by Gasteiger charge is 2.36. The summed E-state index contributed by atoms with van der Waals surface area (Å²) in [6.07, 6.45) is 10.0. The Bertz CT molecular complexity index is 271. The van der Waals surface area contributed by atoms with Gasteiger partial charge in [0.1, 0.15) is 0 Å². The second kappa shape index (κ2) is 5.35. The molecule has 1 rings (SSSR count). The Kier molecular flexibility index (Phi) is 5.14. The van der Waals surface area contributed by atoms with Crippen LogP contribution in [0.1, 0.15) is 25.7 Å². The van der Waals surface area contributed by atoms with Crippen molar-refractivity contribution in [2.45, 2.75) is 31.2 Å². The molecular weight excluding hydrogens is 221 g/mol. The van der Waals surface area contributed by atoms with Crippen LogP contribution < -0.4 is 0 Å². The summed E-state index contributed by atoms with van der Waals surface area (Å²) >= 11 is 0. The molecule has 0 unspecified atom stereocenters.